The number of fused-ring (bicyclic) bond motifs is 1. The summed E-state index contributed by atoms with van der Waals surface area (Å²) in [5.41, 5.74) is 3.36. The van der Waals surface area contributed by atoms with Gasteiger partial charge in [0.25, 0.3) is 0 Å². The van der Waals surface area contributed by atoms with Gasteiger partial charge in [-0.2, -0.15) is 0 Å². The van der Waals surface area contributed by atoms with E-state index in [-0.39, 0.29) is 0 Å². The third kappa shape index (κ3) is 1.41. The molecule has 14 heavy (non-hydrogen) atoms. The van der Waals surface area contributed by atoms with Gasteiger partial charge in [-0.25, -0.2) is 0 Å². The lowest BCUT2D eigenvalue weighted by atomic mass is 9.72. The number of benzene rings is 1. The smallest absolute Gasteiger partial charge is 0.423 e. The van der Waals surface area contributed by atoms with E-state index < -0.39 is 7.12 Å². The molecule has 2 nitrogen and oxygen atoms in total. The fourth-order valence-electron chi connectivity index (χ4n) is 1.78. The molecule has 0 amide bonds. The van der Waals surface area contributed by atoms with Crippen LogP contribution in [0.2, 0.25) is 0 Å². The first-order valence-electron chi connectivity index (χ1n) is 4.54. The van der Waals surface area contributed by atoms with Gasteiger partial charge < -0.3 is 10.0 Å². The first kappa shape index (κ1) is 9.25. The van der Waals surface area contributed by atoms with Crippen molar-refractivity contribution in [1.82, 2.24) is 0 Å². The van der Waals surface area contributed by atoms with Gasteiger partial charge in [0.05, 0.1) is 0 Å². The number of rotatable bonds is 1. The molecule has 0 unspecified atom stereocenters. The molecule has 70 valence electrons. The van der Waals surface area contributed by atoms with Crippen molar-refractivity contribution in [1.29, 1.82) is 0 Å². The van der Waals surface area contributed by atoms with E-state index in [1.807, 2.05) is 24.3 Å². The van der Waals surface area contributed by atoms with Crippen LogP contribution in [0, 0.1) is 0 Å². The molecule has 0 aliphatic heterocycles. The number of hydrogen-bond acceptors (Lipinski definition) is 2. The first-order valence-corrected chi connectivity index (χ1v) is 4.54. The molecule has 1 aromatic carbocycles. The molecule has 2 rings (SSSR count). The van der Waals surface area contributed by atoms with Gasteiger partial charge in [-0.05, 0) is 28.6 Å². The lowest BCUT2D eigenvalue weighted by molar-refractivity contribution is 0.425. The maximum atomic E-state index is 9.19. The van der Waals surface area contributed by atoms with E-state index in [4.69, 9.17) is 0 Å². The summed E-state index contributed by atoms with van der Waals surface area (Å²) >= 11 is 0. The minimum atomic E-state index is -1.42. The van der Waals surface area contributed by atoms with Crippen LogP contribution in [-0.4, -0.2) is 17.2 Å². The fraction of sp³-hybridized carbons (Fsp3) is 0.0909. The lowest BCUT2D eigenvalue weighted by Gasteiger charge is -2.17. The van der Waals surface area contributed by atoms with Crippen molar-refractivity contribution >= 4 is 24.2 Å². The van der Waals surface area contributed by atoms with Crippen LogP contribution in [0.15, 0.2) is 30.9 Å². The van der Waals surface area contributed by atoms with Crippen LogP contribution in [-0.2, 0) is 0 Å². The second kappa shape index (κ2) is 3.44. The Labute approximate surface area is 83.4 Å². The predicted molar refractivity (Wildman–Crippen MR) is 59.0 cm³/mol. The standard InChI is InChI=1S/C11H11BO2/c1-8-4-2-5-9-6-3-7-10(11(8)9)12(13)14/h2-3,5-7,13-14H,1,4H2. The van der Waals surface area contributed by atoms with Crippen molar-refractivity contribution in [2.24, 2.45) is 0 Å². The number of hydrogen-bond donors (Lipinski definition) is 2. The molecule has 0 bridgehead atoms. The molecule has 1 aliphatic carbocycles. The van der Waals surface area contributed by atoms with E-state index in [9.17, 15) is 10.0 Å². The Morgan fingerprint density at radius 3 is 2.79 bits per heavy atom. The van der Waals surface area contributed by atoms with Crippen molar-refractivity contribution in [3.05, 3.63) is 42.0 Å². The van der Waals surface area contributed by atoms with E-state index in [0.29, 0.717) is 5.46 Å². The maximum absolute atomic E-state index is 9.19. The second-order valence-corrected chi connectivity index (χ2v) is 3.40. The normalized spacial score (nSPS) is 14.0. The lowest BCUT2D eigenvalue weighted by Crippen LogP contribution is -2.33. The van der Waals surface area contributed by atoms with Crippen LogP contribution >= 0.6 is 0 Å². The summed E-state index contributed by atoms with van der Waals surface area (Å²) < 4.78 is 0. The van der Waals surface area contributed by atoms with Crippen molar-refractivity contribution in [3.8, 4) is 0 Å². The number of allylic oxidation sites excluding steroid dienone is 2. The van der Waals surface area contributed by atoms with Crippen LogP contribution < -0.4 is 5.46 Å². The summed E-state index contributed by atoms with van der Waals surface area (Å²) in [5.74, 6) is 0. The molecule has 3 heteroatoms. The van der Waals surface area contributed by atoms with Crippen molar-refractivity contribution in [3.63, 3.8) is 0 Å². The van der Waals surface area contributed by atoms with Crippen LogP contribution in [0.3, 0.4) is 0 Å². The van der Waals surface area contributed by atoms with Gasteiger partial charge in [0.2, 0.25) is 0 Å². The van der Waals surface area contributed by atoms with Gasteiger partial charge in [0.15, 0.2) is 0 Å². The van der Waals surface area contributed by atoms with Gasteiger partial charge in [0.1, 0.15) is 0 Å². The minimum Gasteiger partial charge on any atom is -0.423 e. The van der Waals surface area contributed by atoms with Gasteiger partial charge >= 0.3 is 7.12 Å². The molecular formula is C11H11BO2. The third-order valence-corrected chi connectivity index (χ3v) is 2.42. The van der Waals surface area contributed by atoms with E-state index in [1.54, 1.807) is 6.07 Å². The molecule has 0 saturated heterocycles. The maximum Gasteiger partial charge on any atom is 0.489 e. The quantitative estimate of drug-likeness (QED) is 0.636. The van der Waals surface area contributed by atoms with E-state index in [1.165, 1.54) is 0 Å². The Balaban J connectivity index is 2.64. The molecule has 0 radical (unpaired) electrons. The summed E-state index contributed by atoms with van der Waals surface area (Å²) in [6, 6.07) is 5.48. The SMILES string of the molecule is C=C1CC=Cc2cccc(B(O)O)c21. The van der Waals surface area contributed by atoms with Crippen LogP contribution in [0.5, 0.6) is 0 Å². The summed E-state index contributed by atoms with van der Waals surface area (Å²) in [6.45, 7) is 3.93. The Morgan fingerprint density at radius 1 is 1.29 bits per heavy atom. The summed E-state index contributed by atoms with van der Waals surface area (Å²) in [4.78, 5) is 0. The van der Waals surface area contributed by atoms with Gasteiger partial charge in [-0.1, -0.05) is 36.9 Å². The average molecular weight is 186 g/mol. The van der Waals surface area contributed by atoms with Gasteiger partial charge in [-0.15, -0.1) is 0 Å². The van der Waals surface area contributed by atoms with E-state index in [2.05, 4.69) is 6.58 Å². The summed E-state index contributed by atoms with van der Waals surface area (Å²) in [7, 11) is -1.42. The van der Waals surface area contributed by atoms with Crippen molar-refractivity contribution < 1.29 is 10.0 Å². The predicted octanol–water partition coefficient (Wildman–Crippen LogP) is 0.796. The van der Waals surface area contributed by atoms with Crippen molar-refractivity contribution in [2.45, 2.75) is 6.42 Å². The largest absolute Gasteiger partial charge is 0.489 e. The summed E-state index contributed by atoms with van der Waals surface area (Å²) in [6.07, 6.45) is 4.78. The Kier molecular flexibility index (Phi) is 2.27. The monoisotopic (exact) mass is 186 g/mol. The molecule has 1 aromatic rings. The highest BCUT2D eigenvalue weighted by Gasteiger charge is 2.20. The molecule has 0 spiro atoms. The molecule has 0 atom stereocenters. The third-order valence-electron chi connectivity index (χ3n) is 2.42. The molecule has 0 saturated carbocycles. The highest BCUT2D eigenvalue weighted by molar-refractivity contribution is 6.59. The minimum absolute atomic E-state index is 0.539. The molecule has 0 heterocycles. The second-order valence-electron chi connectivity index (χ2n) is 3.40. The van der Waals surface area contributed by atoms with Crippen molar-refractivity contribution in [2.75, 3.05) is 0 Å². The average Bonchev–Trinajstić information content (AvgIpc) is 2.17. The zero-order valence-corrected chi connectivity index (χ0v) is 7.77. The Hall–Kier alpha value is -1.32. The Morgan fingerprint density at radius 2 is 2.07 bits per heavy atom. The van der Waals surface area contributed by atoms with Crippen LogP contribution in [0.25, 0.3) is 11.6 Å². The zero-order valence-electron chi connectivity index (χ0n) is 7.77. The molecule has 0 fully saturated rings. The van der Waals surface area contributed by atoms with Crippen LogP contribution in [0.1, 0.15) is 17.5 Å². The van der Waals surface area contributed by atoms with Gasteiger partial charge in [0, 0.05) is 0 Å². The van der Waals surface area contributed by atoms with Gasteiger partial charge in [-0.3, -0.25) is 0 Å². The topological polar surface area (TPSA) is 40.5 Å². The fourth-order valence-corrected chi connectivity index (χ4v) is 1.78. The van der Waals surface area contributed by atoms with Crippen LogP contribution in [0.4, 0.5) is 0 Å². The molecule has 0 aromatic heterocycles. The van der Waals surface area contributed by atoms with E-state index >= 15 is 0 Å². The first-order chi connectivity index (χ1) is 6.70. The molecule has 1 aliphatic rings. The summed E-state index contributed by atoms with van der Waals surface area (Å²) in [5, 5.41) is 18.4. The Bertz CT molecular complexity index is 408. The molecular weight excluding hydrogens is 175 g/mol. The molecule has 2 N–H and O–H groups in total. The highest BCUT2D eigenvalue weighted by atomic mass is 16.4. The zero-order chi connectivity index (χ0) is 10.1. The highest BCUT2D eigenvalue weighted by Crippen LogP contribution is 2.25. The van der Waals surface area contributed by atoms with E-state index in [0.717, 1.165) is 23.1 Å².